The number of carbonyl (C=O) groups is 2. The first-order valence-corrected chi connectivity index (χ1v) is 9.59. The molecule has 1 fully saturated rings. The smallest absolute Gasteiger partial charge is 0.351 e. The standard InChI is InChI=1S/C20H19ClF4N4O2/c1-19(2)17(30)28(8-9-29(19)18(26)31)16(11-6-7-13(22)12(21)10-11)14-4-3-5-15(27-14)20(23,24)25/h3-7,10,16H,8-9H2,1-2H3,(H2,26,31)/t16-/m0/s1. The minimum atomic E-state index is -4.70. The van der Waals surface area contributed by atoms with Crippen molar-refractivity contribution in [2.24, 2.45) is 5.73 Å². The number of benzene rings is 1. The van der Waals surface area contributed by atoms with Gasteiger partial charge in [-0.05, 0) is 43.7 Å². The SMILES string of the molecule is CC1(C)C(=O)N([C@@H](c2ccc(F)c(Cl)c2)c2cccc(C(F)(F)F)n2)CCN1C(N)=O. The van der Waals surface area contributed by atoms with Crippen molar-refractivity contribution in [1.82, 2.24) is 14.8 Å². The second-order valence-electron chi connectivity index (χ2n) is 7.57. The Balaban J connectivity index is 2.15. The van der Waals surface area contributed by atoms with Crippen LogP contribution in [0.1, 0.15) is 36.8 Å². The monoisotopic (exact) mass is 458 g/mol. The Morgan fingerprint density at radius 2 is 1.90 bits per heavy atom. The fraction of sp³-hybridized carbons (Fsp3) is 0.350. The van der Waals surface area contributed by atoms with E-state index in [0.717, 1.165) is 12.1 Å². The van der Waals surface area contributed by atoms with Crippen molar-refractivity contribution >= 4 is 23.5 Å². The third kappa shape index (κ3) is 4.30. The number of nitrogens with two attached hydrogens (primary N) is 1. The summed E-state index contributed by atoms with van der Waals surface area (Å²) in [6, 6.07) is 5.08. The average Bonchev–Trinajstić information content (AvgIpc) is 2.67. The van der Waals surface area contributed by atoms with Crippen molar-refractivity contribution in [3.05, 3.63) is 64.2 Å². The van der Waals surface area contributed by atoms with Crippen molar-refractivity contribution in [1.29, 1.82) is 0 Å². The molecule has 0 radical (unpaired) electrons. The number of halogens is 5. The third-order valence-corrected chi connectivity index (χ3v) is 5.49. The van der Waals surface area contributed by atoms with Gasteiger partial charge >= 0.3 is 12.2 Å². The average molecular weight is 459 g/mol. The molecule has 166 valence electrons. The van der Waals surface area contributed by atoms with E-state index >= 15 is 0 Å². The Morgan fingerprint density at radius 3 is 2.48 bits per heavy atom. The van der Waals surface area contributed by atoms with Crippen LogP contribution in [0.5, 0.6) is 0 Å². The van der Waals surface area contributed by atoms with E-state index in [1.54, 1.807) is 0 Å². The van der Waals surface area contributed by atoms with Gasteiger partial charge < -0.3 is 15.5 Å². The van der Waals surface area contributed by atoms with Crippen LogP contribution >= 0.6 is 11.6 Å². The number of hydrogen-bond acceptors (Lipinski definition) is 3. The molecule has 2 heterocycles. The number of hydrogen-bond donors (Lipinski definition) is 1. The molecule has 1 aliphatic rings. The predicted octanol–water partition coefficient (Wildman–Crippen LogP) is 3.98. The highest BCUT2D eigenvalue weighted by molar-refractivity contribution is 6.30. The first kappa shape index (κ1) is 22.8. The summed E-state index contributed by atoms with van der Waals surface area (Å²) >= 11 is 5.90. The maximum absolute atomic E-state index is 13.7. The highest BCUT2D eigenvalue weighted by Crippen LogP contribution is 2.36. The molecule has 1 aliphatic heterocycles. The molecule has 1 atom stereocenters. The Kier molecular flexibility index (Phi) is 5.88. The summed E-state index contributed by atoms with van der Waals surface area (Å²) in [5, 5.41) is -0.253. The third-order valence-electron chi connectivity index (χ3n) is 5.20. The zero-order chi connectivity index (χ0) is 23.1. The predicted molar refractivity (Wildman–Crippen MR) is 105 cm³/mol. The lowest BCUT2D eigenvalue weighted by Gasteiger charge is -2.47. The van der Waals surface area contributed by atoms with Crippen LogP contribution in [0.15, 0.2) is 36.4 Å². The van der Waals surface area contributed by atoms with Gasteiger partial charge in [-0.25, -0.2) is 14.2 Å². The Labute approximate surface area is 180 Å². The van der Waals surface area contributed by atoms with E-state index in [0.29, 0.717) is 0 Å². The number of pyridine rings is 1. The maximum atomic E-state index is 13.7. The summed E-state index contributed by atoms with van der Waals surface area (Å²) in [7, 11) is 0. The minimum absolute atomic E-state index is 0.0250. The van der Waals surface area contributed by atoms with E-state index in [-0.39, 0.29) is 29.4 Å². The number of primary amides is 1. The van der Waals surface area contributed by atoms with Crippen molar-refractivity contribution in [3.63, 3.8) is 0 Å². The lowest BCUT2D eigenvalue weighted by molar-refractivity contribution is -0.148. The van der Waals surface area contributed by atoms with Crippen molar-refractivity contribution in [3.8, 4) is 0 Å². The number of amides is 3. The van der Waals surface area contributed by atoms with E-state index in [9.17, 15) is 27.2 Å². The van der Waals surface area contributed by atoms with Gasteiger partial charge in [0.1, 0.15) is 17.1 Å². The Hall–Kier alpha value is -2.88. The van der Waals surface area contributed by atoms with Gasteiger partial charge in [-0.1, -0.05) is 23.7 Å². The van der Waals surface area contributed by atoms with Gasteiger partial charge in [-0.2, -0.15) is 13.2 Å². The quantitative estimate of drug-likeness (QED) is 0.706. The first-order chi connectivity index (χ1) is 14.3. The molecule has 0 saturated carbocycles. The van der Waals surface area contributed by atoms with Gasteiger partial charge in [0, 0.05) is 13.1 Å². The lowest BCUT2D eigenvalue weighted by atomic mass is 9.93. The second kappa shape index (κ2) is 7.99. The highest BCUT2D eigenvalue weighted by Gasteiger charge is 2.46. The van der Waals surface area contributed by atoms with Crippen LogP contribution in [0.25, 0.3) is 0 Å². The molecule has 0 bridgehead atoms. The van der Waals surface area contributed by atoms with E-state index in [2.05, 4.69) is 4.98 Å². The van der Waals surface area contributed by atoms with Gasteiger partial charge in [-0.15, -0.1) is 0 Å². The number of nitrogens with zero attached hydrogens (tertiary/aromatic N) is 3. The number of rotatable bonds is 3. The molecule has 1 aromatic heterocycles. The van der Waals surface area contributed by atoms with Gasteiger partial charge in [0.25, 0.3) is 0 Å². The Bertz CT molecular complexity index is 1030. The Morgan fingerprint density at radius 1 is 1.23 bits per heavy atom. The topological polar surface area (TPSA) is 79.5 Å². The highest BCUT2D eigenvalue weighted by atomic mass is 35.5. The zero-order valence-corrected chi connectivity index (χ0v) is 17.3. The van der Waals surface area contributed by atoms with Crippen LogP contribution < -0.4 is 5.73 Å². The molecular weight excluding hydrogens is 440 g/mol. The second-order valence-corrected chi connectivity index (χ2v) is 7.98. The molecule has 2 aromatic rings. The molecule has 31 heavy (non-hydrogen) atoms. The summed E-state index contributed by atoms with van der Waals surface area (Å²) in [6.07, 6.45) is -4.70. The van der Waals surface area contributed by atoms with E-state index in [4.69, 9.17) is 17.3 Å². The minimum Gasteiger partial charge on any atom is -0.351 e. The lowest BCUT2D eigenvalue weighted by Crippen LogP contribution is -2.66. The number of aromatic nitrogens is 1. The van der Waals surface area contributed by atoms with Gasteiger partial charge in [0.15, 0.2) is 0 Å². The zero-order valence-electron chi connectivity index (χ0n) is 16.6. The van der Waals surface area contributed by atoms with E-state index in [1.165, 1.54) is 47.9 Å². The van der Waals surface area contributed by atoms with Crippen LogP contribution in [0, 0.1) is 5.82 Å². The first-order valence-electron chi connectivity index (χ1n) is 9.21. The summed E-state index contributed by atoms with van der Waals surface area (Å²) in [6.45, 7) is 3.00. The molecule has 0 unspecified atom stereocenters. The van der Waals surface area contributed by atoms with Gasteiger partial charge in [-0.3, -0.25) is 4.79 Å². The van der Waals surface area contributed by atoms with Crippen LogP contribution in [0.2, 0.25) is 5.02 Å². The van der Waals surface area contributed by atoms with Crippen molar-refractivity contribution < 1.29 is 27.2 Å². The molecule has 3 rings (SSSR count). The maximum Gasteiger partial charge on any atom is 0.433 e. The molecule has 11 heteroatoms. The molecule has 1 aromatic carbocycles. The number of piperazine rings is 1. The van der Waals surface area contributed by atoms with Gasteiger partial charge in [0.2, 0.25) is 5.91 Å². The number of alkyl halides is 3. The molecule has 6 nitrogen and oxygen atoms in total. The number of carbonyl (C=O) groups excluding carboxylic acids is 2. The summed E-state index contributed by atoms with van der Waals surface area (Å²) in [5.41, 5.74) is 3.08. The fourth-order valence-electron chi connectivity index (χ4n) is 3.64. The summed E-state index contributed by atoms with van der Waals surface area (Å²) in [5.74, 6) is -1.27. The van der Waals surface area contributed by atoms with Crippen LogP contribution in [0.3, 0.4) is 0 Å². The van der Waals surface area contributed by atoms with E-state index in [1.807, 2.05) is 0 Å². The van der Waals surface area contributed by atoms with Gasteiger partial charge in [0.05, 0.1) is 16.8 Å². The molecule has 1 saturated heterocycles. The fourth-order valence-corrected chi connectivity index (χ4v) is 3.83. The summed E-state index contributed by atoms with van der Waals surface area (Å²) in [4.78, 5) is 31.3. The largest absolute Gasteiger partial charge is 0.433 e. The van der Waals surface area contributed by atoms with Crippen molar-refractivity contribution in [2.75, 3.05) is 13.1 Å². The van der Waals surface area contributed by atoms with Crippen molar-refractivity contribution in [2.45, 2.75) is 31.6 Å². The van der Waals surface area contributed by atoms with Crippen LogP contribution in [-0.2, 0) is 11.0 Å². The van der Waals surface area contributed by atoms with Crippen LogP contribution in [-0.4, -0.2) is 45.4 Å². The molecule has 0 aliphatic carbocycles. The molecule has 2 N–H and O–H groups in total. The van der Waals surface area contributed by atoms with Crippen LogP contribution in [0.4, 0.5) is 22.4 Å². The normalized spacial score (nSPS) is 17.6. The molecular formula is C20H19ClF4N4O2. The number of urea groups is 1. The van der Waals surface area contributed by atoms with E-state index < -0.39 is 41.2 Å². The molecule has 0 spiro atoms. The summed E-state index contributed by atoms with van der Waals surface area (Å²) < 4.78 is 53.5. The molecule has 3 amide bonds.